The molecule has 3 heteroatoms. The number of carbonyl (C=O) groups excluding carboxylic acids is 1. The zero-order valence-electron chi connectivity index (χ0n) is 11.1. The molecule has 1 aliphatic carbocycles. The first-order valence-electron chi connectivity index (χ1n) is 6.71. The van der Waals surface area contributed by atoms with Crippen molar-refractivity contribution < 1.29 is 9.90 Å². The number of benzene rings is 1. The van der Waals surface area contributed by atoms with Crippen LogP contribution in [0.2, 0.25) is 0 Å². The maximum absolute atomic E-state index is 12.0. The predicted octanol–water partition coefficient (Wildman–Crippen LogP) is 2.41. The molecule has 0 heterocycles. The molecule has 0 radical (unpaired) electrons. The molecule has 0 bridgehead atoms. The zero-order chi connectivity index (χ0) is 13.7. The SMILES string of the molecule is CC(C(=O)Nc1cccc(C#CCCO)c1)C1CC1. The Bertz CT molecular complexity index is 509. The van der Waals surface area contributed by atoms with Crippen molar-refractivity contribution >= 4 is 11.6 Å². The van der Waals surface area contributed by atoms with Gasteiger partial charge in [-0.2, -0.15) is 0 Å². The van der Waals surface area contributed by atoms with Gasteiger partial charge in [0.25, 0.3) is 0 Å². The molecule has 0 spiro atoms. The van der Waals surface area contributed by atoms with Gasteiger partial charge in [-0.05, 0) is 37.0 Å². The highest BCUT2D eigenvalue weighted by molar-refractivity contribution is 5.92. The van der Waals surface area contributed by atoms with Crippen LogP contribution < -0.4 is 5.32 Å². The normalized spacial score (nSPS) is 15.3. The number of carbonyl (C=O) groups is 1. The molecule has 1 fully saturated rings. The van der Waals surface area contributed by atoms with Crippen LogP contribution in [0.5, 0.6) is 0 Å². The van der Waals surface area contributed by atoms with Crippen molar-refractivity contribution in [2.75, 3.05) is 11.9 Å². The van der Waals surface area contributed by atoms with Crippen LogP contribution >= 0.6 is 0 Å². The van der Waals surface area contributed by atoms with E-state index in [0.29, 0.717) is 12.3 Å². The Balaban J connectivity index is 1.98. The van der Waals surface area contributed by atoms with Crippen LogP contribution in [0, 0.1) is 23.7 Å². The standard InChI is InChI=1S/C16H19NO2/c1-12(14-8-9-14)16(19)17-15-7-4-6-13(11-15)5-2-3-10-18/h4,6-7,11-12,14,18H,3,8-10H2,1H3,(H,17,19). The molecule has 1 saturated carbocycles. The third-order valence-corrected chi connectivity index (χ3v) is 3.34. The molecule has 1 amide bonds. The molecule has 3 nitrogen and oxygen atoms in total. The summed E-state index contributed by atoms with van der Waals surface area (Å²) in [5, 5.41) is 11.6. The second-order valence-corrected chi connectivity index (χ2v) is 4.97. The molecule has 2 rings (SSSR count). The van der Waals surface area contributed by atoms with Crippen molar-refractivity contribution in [2.45, 2.75) is 26.2 Å². The Hall–Kier alpha value is -1.79. The number of anilines is 1. The van der Waals surface area contributed by atoms with E-state index in [1.54, 1.807) is 0 Å². The van der Waals surface area contributed by atoms with E-state index in [9.17, 15) is 4.79 Å². The number of aliphatic hydroxyl groups is 1. The van der Waals surface area contributed by atoms with Crippen LogP contribution in [-0.4, -0.2) is 17.6 Å². The summed E-state index contributed by atoms with van der Waals surface area (Å²) in [6.45, 7) is 2.06. The quantitative estimate of drug-likeness (QED) is 0.814. The van der Waals surface area contributed by atoms with E-state index in [0.717, 1.165) is 11.3 Å². The summed E-state index contributed by atoms with van der Waals surface area (Å²) in [4.78, 5) is 12.0. The minimum absolute atomic E-state index is 0.0718. The van der Waals surface area contributed by atoms with Crippen molar-refractivity contribution in [2.24, 2.45) is 11.8 Å². The Morgan fingerprint density at radius 1 is 1.53 bits per heavy atom. The van der Waals surface area contributed by atoms with Crippen molar-refractivity contribution in [3.63, 3.8) is 0 Å². The van der Waals surface area contributed by atoms with E-state index >= 15 is 0 Å². The second kappa shape index (κ2) is 6.40. The molecule has 1 atom stereocenters. The van der Waals surface area contributed by atoms with Gasteiger partial charge in [0.2, 0.25) is 5.91 Å². The van der Waals surface area contributed by atoms with E-state index in [1.165, 1.54) is 12.8 Å². The monoisotopic (exact) mass is 257 g/mol. The molecular weight excluding hydrogens is 238 g/mol. The molecule has 2 N–H and O–H groups in total. The van der Waals surface area contributed by atoms with Crippen molar-refractivity contribution in [1.29, 1.82) is 0 Å². The minimum atomic E-state index is 0.0718. The summed E-state index contributed by atoms with van der Waals surface area (Å²) in [5.41, 5.74) is 1.64. The van der Waals surface area contributed by atoms with Crippen LogP contribution in [0.4, 0.5) is 5.69 Å². The van der Waals surface area contributed by atoms with E-state index < -0.39 is 0 Å². The average molecular weight is 257 g/mol. The van der Waals surface area contributed by atoms with Gasteiger partial charge >= 0.3 is 0 Å². The summed E-state index contributed by atoms with van der Waals surface area (Å²) in [6.07, 6.45) is 2.80. The Kier molecular flexibility index (Phi) is 4.59. The Labute approximate surface area is 114 Å². The van der Waals surface area contributed by atoms with Crippen LogP contribution in [0.15, 0.2) is 24.3 Å². The number of amides is 1. The first-order chi connectivity index (χ1) is 9.20. The first-order valence-corrected chi connectivity index (χ1v) is 6.71. The van der Waals surface area contributed by atoms with Gasteiger partial charge in [-0.15, -0.1) is 0 Å². The first kappa shape index (κ1) is 13.6. The van der Waals surface area contributed by atoms with Crippen LogP contribution in [0.3, 0.4) is 0 Å². The second-order valence-electron chi connectivity index (χ2n) is 4.97. The van der Waals surface area contributed by atoms with Crippen LogP contribution in [-0.2, 0) is 4.79 Å². The number of aliphatic hydroxyl groups excluding tert-OH is 1. The maximum Gasteiger partial charge on any atom is 0.227 e. The van der Waals surface area contributed by atoms with Crippen LogP contribution in [0.25, 0.3) is 0 Å². The highest BCUT2D eigenvalue weighted by atomic mass is 16.2. The topological polar surface area (TPSA) is 49.3 Å². The molecule has 19 heavy (non-hydrogen) atoms. The van der Waals surface area contributed by atoms with Gasteiger partial charge in [0.1, 0.15) is 0 Å². The van der Waals surface area contributed by atoms with E-state index in [4.69, 9.17) is 5.11 Å². The van der Waals surface area contributed by atoms with Gasteiger partial charge in [0.15, 0.2) is 0 Å². The number of rotatable bonds is 4. The maximum atomic E-state index is 12.0. The summed E-state index contributed by atoms with van der Waals surface area (Å²) in [6, 6.07) is 7.50. The van der Waals surface area contributed by atoms with Crippen LogP contribution in [0.1, 0.15) is 31.7 Å². The van der Waals surface area contributed by atoms with Gasteiger partial charge in [-0.3, -0.25) is 4.79 Å². The van der Waals surface area contributed by atoms with Gasteiger partial charge in [-0.25, -0.2) is 0 Å². The third-order valence-electron chi connectivity index (χ3n) is 3.34. The molecule has 0 aromatic heterocycles. The number of hydrogen-bond donors (Lipinski definition) is 2. The van der Waals surface area contributed by atoms with Gasteiger partial charge < -0.3 is 10.4 Å². The lowest BCUT2D eigenvalue weighted by atomic mass is 10.1. The minimum Gasteiger partial charge on any atom is -0.395 e. The highest BCUT2D eigenvalue weighted by Crippen LogP contribution is 2.37. The van der Waals surface area contributed by atoms with Gasteiger partial charge in [-0.1, -0.05) is 24.8 Å². The Morgan fingerprint density at radius 2 is 2.32 bits per heavy atom. The van der Waals surface area contributed by atoms with Crippen molar-refractivity contribution in [3.05, 3.63) is 29.8 Å². The Morgan fingerprint density at radius 3 is 3.00 bits per heavy atom. The zero-order valence-corrected chi connectivity index (χ0v) is 11.1. The van der Waals surface area contributed by atoms with Gasteiger partial charge in [0, 0.05) is 23.6 Å². The molecule has 1 aliphatic rings. The molecule has 1 unspecified atom stereocenters. The summed E-state index contributed by atoms with van der Waals surface area (Å²) in [7, 11) is 0. The van der Waals surface area contributed by atoms with Crippen molar-refractivity contribution in [1.82, 2.24) is 0 Å². The lowest BCUT2D eigenvalue weighted by Crippen LogP contribution is -2.21. The van der Waals surface area contributed by atoms with E-state index in [1.807, 2.05) is 31.2 Å². The van der Waals surface area contributed by atoms with E-state index in [-0.39, 0.29) is 18.4 Å². The summed E-state index contributed by atoms with van der Waals surface area (Å²) < 4.78 is 0. The lowest BCUT2D eigenvalue weighted by Gasteiger charge is -2.11. The largest absolute Gasteiger partial charge is 0.395 e. The highest BCUT2D eigenvalue weighted by Gasteiger charge is 2.32. The third kappa shape index (κ3) is 4.11. The van der Waals surface area contributed by atoms with Gasteiger partial charge in [0.05, 0.1) is 6.61 Å². The molecule has 0 saturated heterocycles. The summed E-state index contributed by atoms with van der Waals surface area (Å²) in [5.74, 6) is 6.57. The molecular formula is C16H19NO2. The van der Waals surface area contributed by atoms with E-state index in [2.05, 4.69) is 17.2 Å². The fraction of sp³-hybridized carbons (Fsp3) is 0.438. The fourth-order valence-corrected chi connectivity index (χ4v) is 1.96. The smallest absolute Gasteiger partial charge is 0.227 e. The molecule has 100 valence electrons. The predicted molar refractivity (Wildman–Crippen MR) is 75.5 cm³/mol. The fourth-order valence-electron chi connectivity index (χ4n) is 1.96. The number of nitrogens with one attached hydrogen (secondary N) is 1. The lowest BCUT2D eigenvalue weighted by molar-refractivity contribution is -0.119. The van der Waals surface area contributed by atoms with Crippen molar-refractivity contribution in [3.8, 4) is 11.8 Å². The average Bonchev–Trinajstić information content (AvgIpc) is 3.23. The molecule has 0 aliphatic heterocycles. The molecule has 1 aromatic carbocycles. The number of hydrogen-bond acceptors (Lipinski definition) is 2. The molecule has 1 aromatic rings. The summed E-state index contributed by atoms with van der Waals surface area (Å²) >= 11 is 0.